The Labute approximate surface area is 133 Å². The quantitative estimate of drug-likeness (QED) is 0.611. The van der Waals surface area contributed by atoms with Crippen molar-refractivity contribution in [2.45, 2.75) is 24.9 Å². The van der Waals surface area contributed by atoms with E-state index in [2.05, 4.69) is 10.6 Å². The van der Waals surface area contributed by atoms with Gasteiger partial charge in [-0.2, -0.15) is 0 Å². The zero-order valence-corrected chi connectivity index (χ0v) is 12.8. The molecule has 126 valence electrons. The van der Waals surface area contributed by atoms with Gasteiger partial charge in [-0.05, 0) is 31.2 Å². The van der Waals surface area contributed by atoms with Gasteiger partial charge >= 0.3 is 6.03 Å². The van der Waals surface area contributed by atoms with Crippen molar-refractivity contribution in [3.8, 4) is 0 Å². The molecule has 0 aliphatic carbocycles. The van der Waals surface area contributed by atoms with Gasteiger partial charge in [0.15, 0.2) is 0 Å². The topological polar surface area (TPSA) is 102 Å². The summed E-state index contributed by atoms with van der Waals surface area (Å²) in [7, 11) is 0. The second-order valence-electron chi connectivity index (χ2n) is 5.86. The highest BCUT2D eigenvalue weighted by atomic mass is 19.1. The van der Waals surface area contributed by atoms with Crippen LogP contribution in [0.2, 0.25) is 0 Å². The van der Waals surface area contributed by atoms with E-state index in [0.717, 1.165) is 0 Å². The predicted octanol–water partition coefficient (Wildman–Crippen LogP) is -0.0265. The molecule has 0 unspecified atom stereocenters. The molecule has 7 nitrogen and oxygen atoms in total. The Kier molecular flexibility index (Phi) is 5.17. The summed E-state index contributed by atoms with van der Waals surface area (Å²) in [6, 6.07) is 4.56. The molecule has 0 saturated carbocycles. The van der Waals surface area contributed by atoms with Crippen LogP contribution in [0.25, 0.3) is 0 Å². The van der Waals surface area contributed by atoms with Crippen molar-refractivity contribution in [2.24, 2.45) is 0 Å². The van der Waals surface area contributed by atoms with Gasteiger partial charge in [0, 0.05) is 18.7 Å². The number of urea groups is 1. The first-order valence-electron chi connectivity index (χ1n) is 7.23. The number of carbonyl (C=O) groups is 2. The van der Waals surface area contributed by atoms with Crippen molar-refractivity contribution in [3.05, 3.63) is 30.1 Å². The molecule has 1 aromatic rings. The summed E-state index contributed by atoms with van der Waals surface area (Å²) in [6.45, 7) is 0.939. The van der Waals surface area contributed by atoms with Gasteiger partial charge < -0.3 is 25.7 Å². The van der Waals surface area contributed by atoms with Gasteiger partial charge in [-0.15, -0.1) is 0 Å². The van der Waals surface area contributed by atoms with Gasteiger partial charge in [-0.1, -0.05) is 0 Å². The van der Waals surface area contributed by atoms with E-state index in [9.17, 15) is 14.0 Å². The highest BCUT2D eigenvalue weighted by Gasteiger charge is 2.33. The number of nitrogens with zero attached hydrogens (tertiary/aromatic N) is 1. The molecular formula is C15H20FN3O4. The number of hydrogen-bond acceptors (Lipinski definition) is 4. The second-order valence-corrected chi connectivity index (χ2v) is 5.86. The fourth-order valence-corrected chi connectivity index (χ4v) is 2.30. The standard InChI is InChI=1S/C15H20FN3O4/c1-15(8-20,9-21)18-14(23)17-11-6-13(22)19(7-11)12-4-2-10(16)3-5-12/h2-5,11,20-21H,6-9H2,1H3,(H2,17,18,23)/t11-/m1/s1. The molecule has 0 aromatic heterocycles. The number of aliphatic hydroxyl groups excluding tert-OH is 2. The largest absolute Gasteiger partial charge is 0.394 e. The third kappa shape index (κ3) is 4.17. The molecular weight excluding hydrogens is 305 g/mol. The summed E-state index contributed by atoms with van der Waals surface area (Å²) in [4.78, 5) is 25.4. The zero-order valence-electron chi connectivity index (χ0n) is 12.8. The van der Waals surface area contributed by atoms with Crippen LogP contribution >= 0.6 is 0 Å². The van der Waals surface area contributed by atoms with Gasteiger partial charge in [-0.25, -0.2) is 9.18 Å². The second kappa shape index (κ2) is 6.93. The van der Waals surface area contributed by atoms with E-state index < -0.39 is 30.8 Å². The lowest BCUT2D eigenvalue weighted by atomic mass is 10.1. The molecule has 1 fully saturated rings. The maximum Gasteiger partial charge on any atom is 0.315 e. The average Bonchev–Trinajstić information content (AvgIpc) is 2.88. The van der Waals surface area contributed by atoms with Crippen LogP contribution in [0, 0.1) is 5.82 Å². The molecule has 0 bridgehead atoms. The maximum atomic E-state index is 12.9. The minimum atomic E-state index is -1.14. The monoisotopic (exact) mass is 325 g/mol. The van der Waals surface area contributed by atoms with Gasteiger partial charge in [-0.3, -0.25) is 4.79 Å². The van der Waals surface area contributed by atoms with Crippen LogP contribution in [0.4, 0.5) is 14.9 Å². The third-order valence-electron chi connectivity index (χ3n) is 3.71. The van der Waals surface area contributed by atoms with E-state index in [1.807, 2.05) is 0 Å². The normalized spacial score (nSPS) is 18.2. The van der Waals surface area contributed by atoms with Crippen LogP contribution in [0.3, 0.4) is 0 Å². The molecule has 1 aliphatic heterocycles. The van der Waals surface area contributed by atoms with Crippen molar-refractivity contribution in [2.75, 3.05) is 24.7 Å². The van der Waals surface area contributed by atoms with Crippen LogP contribution in [-0.4, -0.2) is 53.5 Å². The Balaban J connectivity index is 1.95. The number of nitrogens with one attached hydrogen (secondary N) is 2. The van der Waals surface area contributed by atoms with E-state index >= 15 is 0 Å². The lowest BCUT2D eigenvalue weighted by molar-refractivity contribution is -0.117. The van der Waals surface area contributed by atoms with E-state index in [1.165, 1.54) is 36.1 Å². The molecule has 3 amide bonds. The number of hydrogen-bond donors (Lipinski definition) is 4. The summed E-state index contributed by atoms with van der Waals surface area (Å²) >= 11 is 0. The number of rotatable bonds is 5. The molecule has 23 heavy (non-hydrogen) atoms. The summed E-state index contributed by atoms with van der Waals surface area (Å²) in [5.74, 6) is -0.560. The Morgan fingerprint density at radius 3 is 2.52 bits per heavy atom. The lowest BCUT2D eigenvalue weighted by Gasteiger charge is -2.27. The minimum Gasteiger partial charge on any atom is -0.394 e. The number of anilines is 1. The first kappa shape index (κ1) is 17.2. The molecule has 0 radical (unpaired) electrons. The number of amides is 3. The number of aliphatic hydroxyl groups is 2. The van der Waals surface area contributed by atoms with E-state index in [-0.39, 0.29) is 24.7 Å². The van der Waals surface area contributed by atoms with Gasteiger partial charge in [0.1, 0.15) is 5.82 Å². The summed E-state index contributed by atoms with van der Waals surface area (Å²) in [5.41, 5.74) is -0.569. The van der Waals surface area contributed by atoms with Crippen LogP contribution in [0.1, 0.15) is 13.3 Å². The van der Waals surface area contributed by atoms with Crippen LogP contribution < -0.4 is 15.5 Å². The summed E-state index contributed by atoms with van der Waals surface area (Å²) in [6.07, 6.45) is 0.125. The number of carbonyl (C=O) groups excluding carboxylic acids is 2. The Morgan fingerprint density at radius 1 is 1.35 bits per heavy atom. The predicted molar refractivity (Wildman–Crippen MR) is 81.4 cm³/mol. The van der Waals surface area contributed by atoms with Crippen LogP contribution in [-0.2, 0) is 4.79 Å². The van der Waals surface area contributed by atoms with Crippen molar-refractivity contribution in [1.82, 2.24) is 10.6 Å². The van der Waals surface area contributed by atoms with Gasteiger partial charge in [0.2, 0.25) is 5.91 Å². The summed E-state index contributed by atoms with van der Waals surface area (Å²) in [5, 5.41) is 23.4. The van der Waals surface area contributed by atoms with Crippen molar-refractivity contribution < 1.29 is 24.2 Å². The first-order chi connectivity index (χ1) is 10.9. The first-order valence-corrected chi connectivity index (χ1v) is 7.23. The Bertz CT molecular complexity index is 575. The average molecular weight is 325 g/mol. The van der Waals surface area contributed by atoms with E-state index in [1.54, 1.807) is 0 Å². The fraction of sp³-hybridized carbons (Fsp3) is 0.467. The van der Waals surface area contributed by atoms with E-state index in [4.69, 9.17) is 10.2 Å². The fourth-order valence-electron chi connectivity index (χ4n) is 2.30. The maximum absolute atomic E-state index is 12.9. The van der Waals surface area contributed by atoms with Crippen molar-refractivity contribution >= 4 is 17.6 Å². The molecule has 1 aromatic carbocycles. The molecule has 1 saturated heterocycles. The summed E-state index contributed by atoms with van der Waals surface area (Å²) < 4.78 is 12.9. The molecule has 1 atom stereocenters. The van der Waals surface area contributed by atoms with Gasteiger partial charge in [0.05, 0.1) is 24.8 Å². The van der Waals surface area contributed by atoms with E-state index in [0.29, 0.717) is 5.69 Å². The number of halogens is 1. The molecule has 1 heterocycles. The van der Waals surface area contributed by atoms with Crippen LogP contribution in [0.15, 0.2) is 24.3 Å². The SMILES string of the molecule is CC(CO)(CO)NC(=O)N[C@@H]1CC(=O)N(c2ccc(F)cc2)C1. The smallest absolute Gasteiger partial charge is 0.315 e. The molecule has 1 aliphatic rings. The molecule has 4 N–H and O–H groups in total. The van der Waals surface area contributed by atoms with Crippen LogP contribution in [0.5, 0.6) is 0 Å². The number of benzene rings is 1. The molecule has 2 rings (SSSR count). The minimum absolute atomic E-state index is 0.125. The molecule has 0 spiro atoms. The van der Waals surface area contributed by atoms with Gasteiger partial charge in [0.25, 0.3) is 0 Å². The Hall–Kier alpha value is -2.19. The third-order valence-corrected chi connectivity index (χ3v) is 3.71. The zero-order chi connectivity index (χ0) is 17.0. The highest BCUT2D eigenvalue weighted by Crippen LogP contribution is 2.21. The van der Waals surface area contributed by atoms with Crippen molar-refractivity contribution in [3.63, 3.8) is 0 Å². The van der Waals surface area contributed by atoms with Crippen molar-refractivity contribution in [1.29, 1.82) is 0 Å². The molecule has 8 heteroatoms. The lowest BCUT2D eigenvalue weighted by Crippen LogP contribution is -2.56. The Morgan fingerprint density at radius 2 is 1.96 bits per heavy atom. The highest BCUT2D eigenvalue weighted by molar-refractivity contribution is 5.96.